The summed E-state index contributed by atoms with van der Waals surface area (Å²) in [5.41, 5.74) is -0.918. The Morgan fingerprint density at radius 3 is 2.88 bits per heavy atom. The second-order valence-corrected chi connectivity index (χ2v) is 7.24. The number of rotatable bonds is 6. The number of thiazole rings is 1. The van der Waals surface area contributed by atoms with E-state index in [1.54, 1.807) is 11.6 Å². The van der Waals surface area contributed by atoms with Crippen LogP contribution in [0.3, 0.4) is 0 Å². The van der Waals surface area contributed by atoms with Gasteiger partial charge in [0.25, 0.3) is 4.96 Å². The van der Waals surface area contributed by atoms with Gasteiger partial charge in [-0.3, -0.25) is 0 Å². The molecule has 26 heavy (non-hydrogen) atoms. The molecule has 0 aliphatic carbocycles. The fraction of sp³-hybridized carbons (Fsp3) is 0.231. The van der Waals surface area contributed by atoms with Crippen molar-refractivity contribution >= 4 is 51.3 Å². The maximum Gasteiger partial charge on any atom is 0.417 e. The van der Waals surface area contributed by atoms with Crippen LogP contribution in [0.4, 0.5) is 24.8 Å². The lowest BCUT2D eigenvalue weighted by atomic mass is 10.3. The van der Waals surface area contributed by atoms with Crippen LogP contribution in [0.25, 0.3) is 4.96 Å². The zero-order chi connectivity index (χ0) is 18.9. The Kier molecular flexibility index (Phi) is 5.25. The minimum absolute atomic E-state index is 0.0988. The number of imidazole rings is 1. The molecule has 0 radical (unpaired) electrons. The molecule has 3 heterocycles. The molecule has 0 bridgehead atoms. The molecule has 3 rings (SSSR count). The van der Waals surface area contributed by atoms with Crippen LogP contribution in [0.15, 0.2) is 28.9 Å². The van der Waals surface area contributed by atoms with E-state index in [-0.39, 0.29) is 28.2 Å². The maximum atomic E-state index is 12.6. The number of nitro groups is 1. The zero-order valence-electron chi connectivity index (χ0n) is 12.7. The first kappa shape index (κ1) is 18.7. The van der Waals surface area contributed by atoms with Crippen molar-refractivity contribution in [3.63, 3.8) is 0 Å². The van der Waals surface area contributed by atoms with E-state index >= 15 is 0 Å². The fourth-order valence-electron chi connectivity index (χ4n) is 2.07. The lowest BCUT2D eigenvalue weighted by molar-refractivity contribution is -0.389. The minimum Gasteiger partial charge on any atom is -0.362 e. The van der Waals surface area contributed by atoms with Crippen LogP contribution in [0.5, 0.6) is 0 Å². The summed E-state index contributed by atoms with van der Waals surface area (Å²) in [7, 11) is 0. The van der Waals surface area contributed by atoms with Crippen molar-refractivity contribution in [2.24, 2.45) is 0 Å². The first-order chi connectivity index (χ1) is 12.3. The molecule has 0 saturated heterocycles. The third-order valence-corrected chi connectivity index (χ3v) is 5.34. The number of alkyl halides is 3. The van der Waals surface area contributed by atoms with Crippen molar-refractivity contribution in [3.05, 3.63) is 44.5 Å². The number of nitrogens with zero attached hydrogens (tertiary/aromatic N) is 4. The summed E-state index contributed by atoms with van der Waals surface area (Å²) in [6, 6.07) is 0.818. The average Bonchev–Trinajstić information content (AvgIpc) is 3.11. The van der Waals surface area contributed by atoms with Gasteiger partial charge in [0.15, 0.2) is 0 Å². The van der Waals surface area contributed by atoms with Gasteiger partial charge in [-0.1, -0.05) is 22.9 Å². The summed E-state index contributed by atoms with van der Waals surface area (Å²) in [4.78, 5) is 19.0. The SMILES string of the molecule is O=[N+]([O-])c1c(NCCSc2ncc(C(F)(F)F)cc2Cl)nc2sccn12. The molecule has 138 valence electrons. The third-order valence-electron chi connectivity index (χ3n) is 3.18. The number of pyridine rings is 1. The highest BCUT2D eigenvalue weighted by molar-refractivity contribution is 7.99. The molecule has 0 spiro atoms. The smallest absolute Gasteiger partial charge is 0.362 e. The van der Waals surface area contributed by atoms with Gasteiger partial charge in [-0.15, -0.1) is 11.8 Å². The van der Waals surface area contributed by atoms with E-state index in [1.807, 2.05) is 0 Å². The summed E-state index contributed by atoms with van der Waals surface area (Å²) in [5, 5.41) is 15.9. The molecule has 0 saturated carbocycles. The lowest BCUT2D eigenvalue weighted by Crippen LogP contribution is -2.08. The van der Waals surface area contributed by atoms with Crippen LogP contribution < -0.4 is 5.32 Å². The van der Waals surface area contributed by atoms with Gasteiger partial charge in [0.2, 0.25) is 5.82 Å². The highest BCUT2D eigenvalue weighted by Gasteiger charge is 2.31. The summed E-state index contributed by atoms with van der Waals surface area (Å²) in [5.74, 6) is 0.339. The van der Waals surface area contributed by atoms with Gasteiger partial charge in [0.1, 0.15) is 11.2 Å². The number of hydrogen-bond donors (Lipinski definition) is 1. The number of aromatic nitrogens is 3. The van der Waals surface area contributed by atoms with Crippen LogP contribution >= 0.6 is 34.7 Å². The lowest BCUT2D eigenvalue weighted by Gasteiger charge is -2.09. The topological polar surface area (TPSA) is 85.4 Å². The quantitative estimate of drug-likeness (QED) is 0.270. The minimum atomic E-state index is -4.51. The van der Waals surface area contributed by atoms with Gasteiger partial charge >= 0.3 is 12.0 Å². The summed E-state index contributed by atoms with van der Waals surface area (Å²) >= 11 is 8.23. The predicted octanol–water partition coefficient (Wildman–Crippen LogP) is 4.58. The van der Waals surface area contributed by atoms with Crippen LogP contribution in [0.1, 0.15) is 5.56 Å². The molecule has 0 fully saturated rings. The number of halogens is 4. The Labute approximate surface area is 157 Å². The van der Waals surface area contributed by atoms with E-state index in [2.05, 4.69) is 15.3 Å². The molecule has 13 heteroatoms. The first-order valence-corrected chi connectivity index (χ1v) is 9.21. The summed E-state index contributed by atoms with van der Waals surface area (Å²) in [6.45, 7) is 0.287. The molecular weight excluding hydrogens is 415 g/mol. The van der Waals surface area contributed by atoms with Crippen molar-refractivity contribution in [1.82, 2.24) is 14.4 Å². The molecule has 0 aliphatic rings. The molecule has 1 N–H and O–H groups in total. The van der Waals surface area contributed by atoms with Crippen molar-refractivity contribution in [2.75, 3.05) is 17.6 Å². The van der Waals surface area contributed by atoms with Crippen LogP contribution in [0, 0.1) is 10.1 Å². The van der Waals surface area contributed by atoms with Crippen molar-refractivity contribution in [3.8, 4) is 0 Å². The highest BCUT2D eigenvalue weighted by Crippen LogP contribution is 2.34. The molecule has 3 aromatic heterocycles. The van der Waals surface area contributed by atoms with Crippen LogP contribution in [0.2, 0.25) is 5.02 Å². The van der Waals surface area contributed by atoms with Gasteiger partial charge in [-0.2, -0.15) is 22.6 Å². The molecule has 3 aromatic rings. The largest absolute Gasteiger partial charge is 0.417 e. The van der Waals surface area contributed by atoms with Crippen LogP contribution in [-0.2, 0) is 6.18 Å². The van der Waals surface area contributed by atoms with Crippen molar-refractivity contribution in [2.45, 2.75) is 11.2 Å². The van der Waals surface area contributed by atoms with Crippen molar-refractivity contribution < 1.29 is 18.1 Å². The highest BCUT2D eigenvalue weighted by atomic mass is 35.5. The first-order valence-electron chi connectivity index (χ1n) is 6.96. The molecule has 0 aromatic carbocycles. The van der Waals surface area contributed by atoms with Gasteiger partial charge < -0.3 is 15.4 Å². The Hall–Kier alpha value is -2.05. The Bertz CT molecular complexity index is 959. The van der Waals surface area contributed by atoms with Gasteiger partial charge in [0, 0.05) is 23.9 Å². The van der Waals surface area contributed by atoms with E-state index in [4.69, 9.17) is 11.6 Å². The Morgan fingerprint density at radius 2 is 2.23 bits per heavy atom. The van der Waals surface area contributed by atoms with E-state index < -0.39 is 16.7 Å². The van der Waals surface area contributed by atoms with E-state index in [0.29, 0.717) is 10.7 Å². The molecule has 0 unspecified atom stereocenters. The van der Waals surface area contributed by atoms with E-state index in [0.717, 1.165) is 24.0 Å². The van der Waals surface area contributed by atoms with Crippen LogP contribution in [-0.4, -0.2) is 31.6 Å². The number of thioether (sulfide) groups is 1. The number of fused-ring (bicyclic) bond motifs is 1. The number of nitrogens with one attached hydrogen (secondary N) is 1. The van der Waals surface area contributed by atoms with Gasteiger partial charge in [0.05, 0.1) is 10.6 Å². The van der Waals surface area contributed by atoms with Gasteiger partial charge in [-0.05, 0) is 11.0 Å². The Morgan fingerprint density at radius 1 is 1.46 bits per heavy atom. The van der Waals surface area contributed by atoms with E-state index in [1.165, 1.54) is 15.7 Å². The molecular formula is C13H9ClF3N5O2S2. The molecule has 0 aliphatic heterocycles. The second kappa shape index (κ2) is 7.29. The zero-order valence-corrected chi connectivity index (χ0v) is 15.0. The average molecular weight is 424 g/mol. The number of hydrogen-bond acceptors (Lipinski definition) is 7. The van der Waals surface area contributed by atoms with Crippen molar-refractivity contribution in [1.29, 1.82) is 0 Å². The molecule has 0 atom stereocenters. The predicted molar refractivity (Wildman–Crippen MR) is 93.2 cm³/mol. The Balaban J connectivity index is 1.62. The maximum absolute atomic E-state index is 12.6. The van der Waals surface area contributed by atoms with E-state index in [9.17, 15) is 23.3 Å². The normalized spacial score (nSPS) is 11.8. The third kappa shape index (κ3) is 3.86. The number of anilines is 1. The summed E-state index contributed by atoms with van der Waals surface area (Å²) < 4.78 is 39.1. The second-order valence-electron chi connectivity index (χ2n) is 4.88. The van der Waals surface area contributed by atoms with Gasteiger partial charge in [-0.25, -0.2) is 4.98 Å². The molecule has 0 amide bonds. The fourth-order valence-corrected chi connectivity index (χ4v) is 3.83. The summed E-state index contributed by atoms with van der Waals surface area (Å²) in [6.07, 6.45) is -2.23. The monoisotopic (exact) mass is 423 g/mol. The molecule has 7 nitrogen and oxygen atoms in total. The standard InChI is InChI=1S/C13H9ClF3N5O2S2/c14-8-5-7(13(15,16)17)6-19-10(8)25-3-1-18-9-11(22(23)24)21-2-4-26-12(21)20-9/h2,4-6,18H,1,3H2.